The second-order valence-electron chi connectivity index (χ2n) is 6.28. The van der Waals surface area contributed by atoms with E-state index >= 15 is 0 Å². The summed E-state index contributed by atoms with van der Waals surface area (Å²) < 4.78 is 0. The Balaban J connectivity index is 1.82. The first-order valence-corrected chi connectivity index (χ1v) is 7.84. The average Bonchev–Trinajstić information content (AvgIpc) is 2.91. The molecule has 5 heteroatoms. The summed E-state index contributed by atoms with van der Waals surface area (Å²) in [4.78, 5) is 23.6. The van der Waals surface area contributed by atoms with E-state index in [-0.39, 0.29) is 6.54 Å². The summed E-state index contributed by atoms with van der Waals surface area (Å²) in [6.45, 7) is 4.08. The highest BCUT2D eigenvalue weighted by Crippen LogP contribution is 2.24. The van der Waals surface area contributed by atoms with Gasteiger partial charge in [-0.25, -0.2) is 0 Å². The molecule has 0 spiro atoms. The molecule has 0 aliphatic heterocycles. The van der Waals surface area contributed by atoms with E-state index in [2.05, 4.69) is 10.6 Å². The summed E-state index contributed by atoms with van der Waals surface area (Å²) in [5.74, 6) is -1.08. The number of aliphatic hydroxyl groups is 1. The predicted octanol–water partition coefficient (Wildman–Crippen LogP) is 1.64. The van der Waals surface area contributed by atoms with Crippen molar-refractivity contribution in [2.24, 2.45) is 5.92 Å². The van der Waals surface area contributed by atoms with Crippen molar-refractivity contribution in [3.63, 3.8) is 0 Å². The van der Waals surface area contributed by atoms with Gasteiger partial charge in [-0.1, -0.05) is 19.9 Å². The van der Waals surface area contributed by atoms with Gasteiger partial charge in [0, 0.05) is 12.2 Å². The van der Waals surface area contributed by atoms with Gasteiger partial charge in [-0.05, 0) is 54.9 Å². The van der Waals surface area contributed by atoms with Crippen LogP contribution in [-0.2, 0) is 22.4 Å². The molecule has 0 saturated carbocycles. The Morgan fingerprint density at radius 2 is 1.91 bits per heavy atom. The summed E-state index contributed by atoms with van der Waals surface area (Å²) in [5, 5.41) is 14.8. The number of amides is 2. The highest BCUT2D eigenvalue weighted by atomic mass is 16.3. The number of aliphatic hydroxyl groups excluding tert-OH is 1. The van der Waals surface area contributed by atoms with Crippen LogP contribution < -0.4 is 10.6 Å². The van der Waals surface area contributed by atoms with Crippen molar-refractivity contribution in [1.29, 1.82) is 0 Å². The van der Waals surface area contributed by atoms with Gasteiger partial charge in [0.1, 0.15) is 0 Å². The molecule has 0 fully saturated rings. The van der Waals surface area contributed by atoms with Crippen LogP contribution in [-0.4, -0.2) is 29.6 Å². The largest absolute Gasteiger partial charge is 0.391 e. The number of nitrogens with one attached hydrogen (secondary N) is 2. The molecule has 5 nitrogen and oxygen atoms in total. The third-order valence-electron chi connectivity index (χ3n) is 3.80. The number of hydrogen-bond acceptors (Lipinski definition) is 3. The van der Waals surface area contributed by atoms with Crippen LogP contribution in [0.3, 0.4) is 0 Å². The van der Waals surface area contributed by atoms with Gasteiger partial charge in [0.2, 0.25) is 0 Å². The van der Waals surface area contributed by atoms with Crippen molar-refractivity contribution in [1.82, 2.24) is 5.32 Å². The lowest BCUT2D eigenvalue weighted by atomic mass is 10.1. The lowest BCUT2D eigenvalue weighted by Crippen LogP contribution is -2.39. The fourth-order valence-corrected chi connectivity index (χ4v) is 2.76. The zero-order chi connectivity index (χ0) is 16.1. The second kappa shape index (κ2) is 7.40. The molecule has 2 amide bonds. The Morgan fingerprint density at radius 1 is 1.18 bits per heavy atom. The smallest absolute Gasteiger partial charge is 0.313 e. The Kier molecular flexibility index (Phi) is 5.55. The molecule has 1 unspecified atom stereocenters. The lowest BCUT2D eigenvalue weighted by Gasteiger charge is -2.13. The molecule has 120 valence electrons. The van der Waals surface area contributed by atoms with Crippen LogP contribution in [0, 0.1) is 5.92 Å². The van der Waals surface area contributed by atoms with Crippen LogP contribution in [0.15, 0.2) is 18.2 Å². The van der Waals surface area contributed by atoms with Gasteiger partial charge >= 0.3 is 11.8 Å². The molecule has 1 aromatic rings. The normalized spacial score (nSPS) is 14.5. The maximum Gasteiger partial charge on any atom is 0.313 e. The molecule has 0 heterocycles. The van der Waals surface area contributed by atoms with Gasteiger partial charge < -0.3 is 15.7 Å². The monoisotopic (exact) mass is 304 g/mol. The first-order chi connectivity index (χ1) is 10.5. The maximum atomic E-state index is 11.8. The Labute approximate surface area is 131 Å². The first-order valence-electron chi connectivity index (χ1n) is 7.84. The number of fused-ring (bicyclic) bond motifs is 1. The summed E-state index contributed by atoms with van der Waals surface area (Å²) in [6.07, 6.45) is 3.20. The zero-order valence-corrected chi connectivity index (χ0v) is 13.2. The third kappa shape index (κ3) is 4.56. The Hall–Kier alpha value is -1.88. The van der Waals surface area contributed by atoms with Crippen molar-refractivity contribution in [3.8, 4) is 0 Å². The van der Waals surface area contributed by atoms with Crippen LogP contribution in [0.4, 0.5) is 5.69 Å². The molecule has 1 aliphatic carbocycles. The molecule has 2 rings (SSSR count). The minimum absolute atomic E-state index is 0.0919. The van der Waals surface area contributed by atoms with Crippen LogP contribution in [0.2, 0.25) is 0 Å². The van der Waals surface area contributed by atoms with E-state index in [1.807, 2.05) is 32.0 Å². The zero-order valence-electron chi connectivity index (χ0n) is 13.2. The van der Waals surface area contributed by atoms with Gasteiger partial charge in [-0.15, -0.1) is 0 Å². The van der Waals surface area contributed by atoms with Gasteiger partial charge in [-0.2, -0.15) is 0 Å². The van der Waals surface area contributed by atoms with Crippen molar-refractivity contribution in [2.45, 2.75) is 45.6 Å². The number of aryl methyl sites for hydroxylation is 2. The molecule has 3 N–H and O–H groups in total. The van der Waals surface area contributed by atoms with E-state index in [9.17, 15) is 14.7 Å². The number of carbonyl (C=O) groups excluding carboxylic acids is 2. The van der Waals surface area contributed by atoms with Crippen LogP contribution in [0.25, 0.3) is 0 Å². The SMILES string of the molecule is CC(C)CC(O)CNC(=O)C(=O)Nc1ccc2c(c1)CCC2. The van der Waals surface area contributed by atoms with Crippen molar-refractivity contribution < 1.29 is 14.7 Å². The van der Waals surface area contributed by atoms with Crippen LogP contribution in [0.5, 0.6) is 0 Å². The Morgan fingerprint density at radius 3 is 2.64 bits per heavy atom. The predicted molar refractivity (Wildman–Crippen MR) is 85.6 cm³/mol. The fourth-order valence-electron chi connectivity index (χ4n) is 2.76. The van der Waals surface area contributed by atoms with E-state index in [1.54, 1.807) is 0 Å². The highest BCUT2D eigenvalue weighted by Gasteiger charge is 2.17. The first kappa shape index (κ1) is 16.5. The number of rotatable bonds is 5. The van der Waals surface area contributed by atoms with E-state index < -0.39 is 17.9 Å². The number of carbonyl (C=O) groups is 2. The van der Waals surface area contributed by atoms with Gasteiger partial charge in [0.25, 0.3) is 0 Å². The topological polar surface area (TPSA) is 78.4 Å². The van der Waals surface area contributed by atoms with Crippen LogP contribution in [0.1, 0.15) is 37.8 Å². The van der Waals surface area contributed by atoms with Gasteiger partial charge in [-0.3, -0.25) is 9.59 Å². The summed E-state index contributed by atoms with van der Waals surface area (Å²) in [5.41, 5.74) is 3.20. The molecule has 22 heavy (non-hydrogen) atoms. The minimum atomic E-state index is -0.719. The summed E-state index contributed by atoms with van der Waals surface area (Å²) >= 11 is 0. The summed E-state index contributed by atoms with van der Waals surface area (Å²) in [6, 6.07) is 5.76. The fraction of sp³-hybridized carbons (Fsp3) is 0.529. The minimum Gasteiger partial charge on any atom is -0.391 e. The molecular formula is C17H24N2O3. The quantitative estimate of drug-likeness (QED) is 0.724. The summed E-state index contributed by atoms with van der Waals surface area (Å²) in [7, 11) is 0. The van der Waals surface area contributed by atoms with Crippen molar-refractivity contribution in [2.75, 3.05) is 11.9 Å². The van der Waals surface area contributed by atoms with E-state index in [0.29, 0.717) is 18.0 Å². The van der Waals surface area contributed by atoms with Gasteiger partial charge in [0.05, 0.1) is 6.10 Å². The van der Waals surface area contributed by atoms with Gasteiger partial charge in [0.15, 0.2) is 0 Å². The van der Waals surface area contributed by atoms with Crippen molar-refractivity contribution >= 4 is 17.5 Å². The average molecular weight is 304 g/mol. The number of benzene rings is 1. The molecule has 0 saturated heterocycles. The molecule has 0 bridgehead atoms. The Bertz CT molecular complexity index is 555. The molecule has 1 aromatic carbocycles. The van der Waals surface area contributed by atoms with E-state index in [4.69, 9.17) is 0 Å². The molecule has 1 atom stereocenters. The number of hydrogen-bond donors (Lipinski definition) is 3. The highest BCUT2D eigenvalue weighted by molar-refractivity contribution is 6.39. The van der Waals surface area contributed by atoms with E-state index in [0.717, 1.165) is 19.3 Å². The molecular weight excluding hydrogens is 280 g/mol. The standard InChI is InChI=1S/C17H24N2O3/c1-11(2)8-15(20)10-18-16(21)17(22)19-14-7-6-12-4-3-5-13(12)9-14/h6-7,9,11,15,20H,3-5,8,10H2,1-2H3,(H,18,21)(H,19,22). The second-order valence-corrected chi connectivity index (χ2v) is 6.28. The third-order valence-corrected chi connectivity index (χ3v) is 3.80. The maximum absolute atomic E-state index is 11.8. The van der Waals surface area contributed by atoms with Crippen LogP contribution >= 0.6 is 0 Å². The number of anilines is 1. The van der Waals surface area contributed by atoms with Crippen molar-refractivity contribution in [3.05, 3.63) is 29.3 Å². The lowest BCUT2D eigenvalue weighted by molar-refractivity contribution is -0.136. The molecule has 0 radical (unpaired) electrons. The van der Waals surface area contributed by atoms with E-state index in [1.165, 1.54) is 11.1 Å². The molecule has 1 aliphatic rings. The molecule has 0 aromatic heterocycles.